The van der Waals surface area contributed by atoms with E-state index in [0.29, 0.717) is 11.3 Å². The number of H-pyrrole nitrogens is 1. The zero-order chi connectivity index (χ0) is 26.8. The lowest BCUT2D eigenvalue weighted by Gasteiger charge is -2.33. The van der Waals surface area contributed by atoms with Crippen molar-refractivity contribution in [1.29, 1.82) is 0 Å². The van der Waals surface area contributed by atoms with Crippen molar-refractivity contribution in [1.82, 2.24) is 4.98 Å². The van der Waals surface area contributed by atoms with E-state index in [2.05, 4.69) is 54.0 Å². The summed E-state index contributed by atoms with van der Waals surface area (Å²) in [5.74, 6) is 0.615. The summed E-state index contributed by atoms with van der Waals surface area (Å²) in [5, 5.41) is 4.40. The maximum atomic E-state index is 14.4. The number of para-hydroxylation sites is 2. The van der Waals surface area contributed by atoms with Crippen LogP contribution in [0.15, 0.2) is 127 Å². The van der Waals surface area contributed by atoms with Gasteiger partial charge in [-0.2, -0.15) is 0 Å². The van der Waals surface area contributed by atoms with Gasteiger partial charge in [0.1, 0.15) is 11.9 Å². The van der Waals surface area contributed by atoms with Crippen LogP contribution in [0, 0.1) is 0 Å². The first kappa shape index (κ1) is 24.9. The van der Waals surface area contributed by atoms with E-state index in [1.807, 2.05) is 84.9 Å². The van der Waals surface area contributed by atoms with Crippen LogP contribution in [0.2, 0.25) is 6.55 Å². The van der Waals surface area contributed by atoms with E-state index in [1.165, 1.54) is 0 Å². The highest BCUT2D eigenvalue weighted by Crippen LogP contribution is 2.35. The van der Waals surface area contributed by atoms with Crippen LogP contribution < -0.4 is 15.1 Å². The second-order valence-electron chi connectivity index (χ2n) is 9.80. The monoisotopic (exact) mass is 527 g/mol. The van der Waals surface area contributed by atoms with E-state index >= 15 is 0 Å². The van der Waals surface area contributed by atoms with Crippen LogP contribution in [0.4, 0.5) is 0 Å². The predicted octanol–water partition coefficient (Wildman–Crippen LogP) is 6.66. The summed E-state index contributed by atoms with van der Waals surface area (Å²) in [4.78, 5) is 18.0. The number of aromatic nitrogens is 1. The molecule has 1 aromatic heterocycles. The Labute approximate surface area is 229 Å². The van der Waals surface area contributed by atoms with Crippen LogP contribution >= 0.6 is 0 Å². The third kappa shape index (κ3) is 4.56. The minimum Gasteiger partial charge on any atom is -0.497 e. The molecule has 1 atom stereocenters. The Balaban J connectivity index is 1.56. The zero-order valence-corrected chi connectivity index (χ0v) is 22.9. The molecule has 0 radical (unpaired) electrons. The van der Waals surface area contributed by atoms with Gasteiger partial charge >= 0.3 is 0 Å². The Hall–Kier alpha value is -4.45. The number of benzene rings is 5. The van der Waals surface area contributed by atoms with Crippen molar-refractivity contribution in [3.8, 4) is 5.75 Å². The van der Waals surface area contributed by atoms with Crippen LogP contribution in [0.1, 0.15) is 22.0 Å². The first-order chi connectivity index (χ1) is 19.1. The molecule has 0 amide bonds. The normalized spacial score (nSPS) is 12.5. The van der Waals surface area contributed by atoms with E-state index in [4.69, 9.17) is 9.16 Å². The number of carbonyl (C=O) groups is 1. The van der Waals surface area contributed by atoms with Crippen molar-refractivity contribution in [3.63, 3.8) is 0 Å². The maximum absolute atomic E-state index is 14.4. The molecule has 0 aliphatic carbocycles. The predicted molar refractivity (Wildman–Crippen MR) is 161 cm³/mol. The van der Waals surface area contributed by atoms with E-state index < -0.39 is 14.4 Å². The van der Waals surface area contributed by atoms with E-state index in [1.54, 1.807) is 7.11 Å². The summed E-state index contributed by atoms with van der Waals surface area (Å²) >= 11 is 0. The van der Waals surface area contributed by atoms with Gasteiger partial charge in [0.05, 0.1) is 12.6 Å². The Kier molecular flexibility index (Phi) is 6.61. The van der Waals surface area contributed by atoms with Crippen molar-refractivity contribution < 1.29 is 14.0 Å². The molecule has 1 heterocycles. The number of rotatable bonds is 8. The second-order valence-corrected chi connectivity index (χ2v) is 13.3. The van der Waals surface area contributed by atoms with Crippen LogP contribution in [0.3, 0.4) is 0 Å². The minimum atomic E-state index is -2.85. The number of ether oxygens (including phenoxy) is 1. The number of hydrogen-bond acceptors (Lipinski definition) is 3. The summed E-state index contributed by atoms with van der Waals surface area (Å²) in [6.45, 7) is 2.18. The Morgan fingerprint density at radius 2 is 1.28 bits per heavy atom. The molecule has 0 bridgehead atoms. The third-order valence-electron chi connectivity index (χ3n) is 7.47. The number of carbonyl (C=O) groups excluding carboxylic acids is 1. The molecule has 0 saturated heterocycles. The fourth-order valence-corrected chi connectivity index (χ4v) is 8.30. The van der Waals surface area contributed by atoms with Gasteiger partial charge in [-0.3, -0.25) is 4.79 Å². The molecule has 1 N–H and O–H groups in total. The molecule has 6 aromatic rings. The summed E-state index contributed by atoms with van der Waals surface area (Å²) in [6, 6.07) is 42.2. The number of hydrogen-bond donors (Lipinski definition) is 1. The van der Waals surface area contributed by atoms with Gasteiger partial charge in [-0.25, -0.2) is 0 Å². The second kappa shape index (κ2) is 10.4. The summed E-state index contributed by atoms with van der Waals surface area (Å²) < 4.78 is 12.6. The summed E-state index contributed by atoms with van der Waals surface area (Å²) in [6.07, 6.45) is -0.827. The van der Waals surface area contributed by atoms with Crippen molar-refractivity contribution in [2.24, 2.45) is 0 Å². The number of Topliss-reactive ketones (excluding diaryl/α,β-unsaturated/α-hetero) is 1. The number of ketones is 1. The lowest BCUT2D eigenvalue weighted by Crippen LogP contribution is -2.59. The van der Waals surface area contributed by atoms with E-state index in [9.17, 15) is 4.79 Å². The van der Waals surface area contributed by atoms with Crippen LogP contribution in [-0.2, 0) is 4.43 Å². The number of fused-ring (bicyclic) bond motifs is 3. The van der Waals surface area contributed by atoms with Gasteiger partial charge in [0.15, 0.2) is 5.78 Å². The van der Waals surface area contributed by atoms with E-state index in [-0.39, 0.29) is 5.78 Å². The van der Waals surface area contributed by atoms with Crippen LogP contribution in [-0.4, -0.2) is 26.2 Å². The lowest BCUT2D eigenvalue weighted by molar-refractivity contribution is 0.0788. The third-order valence-corrected chi connectivity index (χ3v) is 11.0. The standard InChI is InChI=1S/C34H29NO3Si/c1-37-25-22-20-24(21-23-25)33(36)34(30-18-11-17-29-28-16-9-10-19-31(28)35-32(29)30)38-39(2,26-12-5-3-6-13-26)27-14-7-4-8-15-27/h3-23,34-35H,1-2H3/t34-/m0/s1. The average molecular weight is 528 g/mol. The fraction of sp³-hybridized carbons (Fsp3) is 0.0882. The van der Waals surface area contributed by atoms with Crippen molar-refractivity contribution in [3.05, 3.63) is 139 Å². The SMILES string of the molecule is COc1ccc(C(=O)[C@@H](O[Si](C)(c2ccccc2)c2ccccc2)c2cccc3c2[nH]c2ccccc23)cc1. The number of nitrogens with one attached hydrogen (secondary N) is 1. The highest BCUT2D eigenvalue weighted by atomic mass is 28.4. The first-order valence-corrected chi connectivity index (χ1v) is 15.5. The smallest absolute Gasteiger partial charge is 0.254 e. The quantitative estimate of drug-likeness (QED) is 0.178. The van der Waals surface area contributed by atoms with Gasteiger partial charge in [-0.1, -0.05) is 97.1 Å². The molecule has 0 aliphatic heterocycles. The highest BCUT2D eigenvalue weighted by molar-refractivity contribution is 6.96. The molecule has 0 saturated carbocycles. The molecule has 0 aliphatic rings. The lowest BCUT2D eigenvalue weighted by atomic mass is 9.98. The average Bonchev–Trinajstić information content (AvgIpc) is 3.39. The van der Waals surface area contributed by atoms with Crippen molar-refractivity contribution in [2.45, 2.75) is 12.7 Å². The molecule has 0 unspecified atom stereocenters. The van der Waals surface area contributed by atoms with Gasteiger partial charge in [-0.15, -0.1) is 0 Å². The van der Waals surface area contributed by atoms with Crippen LogP contribution in [0.5, 0.6) is 5.75 Å². The molecular weight excluding hydrogens is 498 g/mol. The Morgan fingerprint density at radius 1 is 0.692 bits per heavy atom. The molecular formula is C34H29NO3Si. The minimum absolute atomic E-state index is 0.0885. The van der Waals surface area contributed by atoms with Crippen molar-refractivity contribution >= 4 is 46.3 Å². The zero-order valence-electron chi connectivity index (χ0n) is 21.9. The molecule has 39 heavy (non-hydrogen) atoms. The fourth-order valence-electron chi connectivity index (χ4n) is 5.33. The van der Waals surface area contributed by atoms with Gasteiger partial charge in [-0.05, 0) is 47.3 Å². The maximum Gasteiger partial charge on any atom is 0.254 e. The molecule has 5 heteroatoms. The molecule has 0 fully saturated rings. The van der Waals surface area contributed by atoms with E-state index in [0.717, 1.165) is 37.7 Å². The van der Waals surface area contributed by atoms with Gasteiger partial charge in [0.2, 0.25) is 0 Å². The molecule has 0 spiro atoms. The first-order valence-electron chi connectivity index (χ1n) is 13.0. The Bertz CT molecular complexity index is 1710. The highest BCUT2D eigenvalue weighted by Gasteiger charge is 2.40. The molecule has 4 nitrogen and oxygen atoms in total. The number of methoxy groups -OCH3 is 1. The van der Waals surface area contributed by atoms with Gasteiger partial charge in [0.25, 0.3) is 8.32 Å². The summed E-state index contributed by atoms with van der Waals surface area (Å²) in [5.41, 5.74) is 3.35. The Morgan fingerprint density at radius 3 is 1.92 bits per heavy atom. The van der Waals surface area contributed by atoms with Crippen molar-refractivity contribution in [2.75, 3.05) is 7.11 Å². The van der Waals surface area contributed by atoms with Crippen LogP contribution in [0.25, 0.3) is 21.8 Å². The molecule has 5 aromatic carbocycles. The largest absolute Gasteiger partial charge is 0.497 e. The molecule has 192 valence electrons. The van der Waals surface area contributed by atoms with Gasteiger partial charge in [0, 0.05) is 27.4 Å². The van der Waals surface area contributed by atoms with Gasteiger partial charge < -0.3 is 14.1 Å². The summed E-state index contributed by atoms with van der Waals surface area (Å²) in [7, 11) is -1.23. The number of aromatic amines is 1. The molecule has 6 rings (SSSR count). The topological polar surface area (TPSA) is 51.3 Å².